The zero-order valence-electron chi connectivity index (χ0n) is 12.6. The van der Waals surface area contributed by atoms with Crippen LogP contribution >= 0.6 is 0 Å². The molecule has 110 valence electrons. The van der Waals surface area contributed by atoms with Crippen molar-refractivity contribution in [1.29, 1.82) is 0 Å². The van der Waals surface area contributed by atoms with Crippen LogP contribution in [0.15, 0.2) is 24.3 Å². The number of ether oxygens (including phenoxy) is 1. The number of carbonyl (C=O) groups excluding carboxylic acids is 1. The third-order valence-corrected chi connectivity index (χ3v) is 3.70. The molecule has 1 aliphatic heterocycles. The molecule has 4 heteroatoms. The number of benzene rings is 1. The van der Waals surface area contributed by atoms with Crippen molar-refractivity contribution in [1.82, 2.24) is 10.2 Å². The highest BCUT2D eigenvalue weighted by molar-refractivity contribution is 5.81. The van der Waals surface area contributed by atoms with E-state index in [1.54, 1.807) is 0 Å². The molecule has 20 heavy (non-hydrogen) atoms. The van der Waals surface area contributed by atoms with E-state index in [-0.39, 0.29) is 18.1 Å². The summed E-state index contributed by atoms with van der Waals surface area (Å²) in [7, 11) is 0. The lowest BCUT2D eigenvalue weighted by atomic mass is 10.1. The number of nitrogens with one attached hydrogen (secondary N) is 1. The molecule has 1 aromatic rings. The van der Waals surface area contributed by atoms with E-state index in [1.165, 1.54) is 0 Å². The Morgan fingerprint density at radius 2 is 2.05 bits per heavy atom. The summed E-state index contributed by atoms with van der Waals surface area (Å²) < 4.78 is 5.46. The second-order valence-electron chi connectivity index (χ2n) is 5.22. The summed E-state index contributed by atoms with van der Waals surface area (Å²) in [6.07, 6.45) is 2.10. The third-order valence-electron chi connectivity index (χ3n) is 3.70. The zero-order valence-corrected chi connectivity index (χ0v) is 12.6. The summed E-state index contributed by atoms with van der Waals surface area (Å²) in [5, 5.41) is 3.30. The van der Waals surface area contributed by atoms with Crippen LogP contribution < -0.4 is 10.1 Å². The van der Waals surface area contributed by atoms with Gasteiger partial charge < -0.3 is 9.64 Å². The van der Waals surface area contributed by atoms with Crippen LogP contribution in [0.4, 0.5) is 0 Å². The van der Waals surface area contributed by atoms with Crippen molar-refractivity contribution >= 4 is 5.91 Å². The Hall–Kier alpha value is -1.55. The predicted molar refractivity (Wildman–Crippen MR) is 79.6 cm³/mol. The lowest BCUT2D eigenvalue weighted by molar-refractivity contribution is -0.130. The largest absolute Gasteiger partial charge is 0.494 e. The molecule has 2 rings (SSSR count). The smallest absolute Gasteiger partial charge is 0.238 e. The fraction of sp³-hybridized carbons (Fsp3) is 0.562. The van der Waals surface area contributed by atoms with Gasteiger partial charge in [0, 0.05) is 6.04 Å². The molecular weight excluding hydrogens is 252 g/mol. The first kappa shape index (κ1) is 14.9. The van der Waals surface area contributed by atoms with Gasteiger partial charge in [-0.25, -0.2) is 0 Å². The molecule has 1 amide bonds. The molecule has 2 unspecified atom stereocenters. The predicted octanol–water partition coefficient (Wildman–Crippen LogP) is 2.70. The summed E-state index contributed by atoms with van der Waals surface area (Å²) in [6.45, 7) is 7.33. The summed E-state index contributed by atoms with van der Waals surface area (Å²) in [5.41, 5.74) is 1.11. The van der Waals surface area contributed by atoms with E-state index in [0.717, 1.165) is 24.2 Å². The van der Waals surface area contributed by atoms with Crippen LogP contribution in [-0.2, 0) is 4.79 Å². The van der Waals surface area contributed by atoms with Crippen molar-refractivity contribution in [3.8, 4) is 5.75 Å². The van der Waals surface area contributed by atoms with Crippen LogP contribution in [0, 0.1) is 0 Å². The van der Waals surface area contributed by atoms with E-state index in [1.807, 2.05) is 36.1 Å². The minimum atomic E-state index is -0.0141. The highest BCUT2D eigenvalue weighted by Crippen LogP contribution is 2.27. The van der Waals surface area contributed by atoms with Gasteiger partial charge in [0.05, 0.1) is 13.2 Å². The van der Waals surface area contributed by atoms with Crippen LogP contribution in [-0.4, -0.2) is 30.0 Å². The normalized spacial score (nSPS) is 20.2. The van der Waals surface area contributed by atoms with Crippen molar-refractivity contribution < 1.29 is 9.53 Å². The third kappa shape index (κ3) is 3.12. The molecule has 0 radical (unpaired) electrons. The number of hydrogen-bond acceptors (Lipinski definition) is 3. The van der Waals surface area contributed by atoms with Crippen molar-refractivity contribution in [2.45, 2.75) is 45.8 Å². The Kier molecular flexibility index (Phi) is 5.01. The Morgan fingerprint density at radius 1 is 1.35 bits per heavy atom. The second kappa shape index (κ2) is 6.75. The van der Waals surface area contributed by atoms with Gasteiger partial charge in [-0.15, -0.1) is 0 Å². The van der Waals surface area contributed by atoms with E-state index in [9.17, 15) is 4.79 Å². The molecule has 1 saturated heterocycles. The Bertz CT molecular complexity index is 444. The van der Waals surface area contributed by atoms with Crippen LogP contribution in [0.2, 0.25) is 0 Å². The van der Waals surface area contributed by atoms with Gasteiger partial charge in [-0.3, -0.25) is 10.1 Å². The van der Waals surface area contributed by atoms with E-state index in [2.05, 4.69) is 19.2 Å². The van der Waals surface area contributed by atoms with Crippen molar-refractivity contribution in [3.05, 3.63) is 29.8 Å². The van der Waals surface area contributed by atoms with Gasteiger partial charge in [0.1, 0.15) is 11.9 Å². The summed E-state index contributed by atoms with van der Waals surface area (Å²) in [6, 6.07) is 8.26. The molecule has 4 nitrogen and oxygen atoms in total. The molecule has 1 fully saturated rings. The molecule has 1 aromatic carbocycles. The molecule has 2 atom stereocenters. The molecule has 1 aliphatic rings. The Labute approximate surface area is 121 Å². The second-order valence-corrected chi connectivity index (χ2v) is 5.22. The first-order valence-corrected chi connectivity index (χ1v) is 7.44. The first-order chi connectivity index (χ1) is 9.67. The molecule has 0 aromatic heterocycles. The summed E-state index contributed by atoms with van der Waals surface area (Å²) >= 11 is 0. The topological polar surface area (TPSA) is 41.6 Å². The molecule has 1 N–H and O–H groups in total. The SMILES string of the molecule is CCCC(C)N1C(=O)CNC1c1ccc(OCC)cc1. The minimum absolute atomic E-state index is 0.0141. The van der Waals surface area contributed by atoms with Crippen LogP contribution in [0.5, 0.6) is 5.75 Å². The maximum Gasteiger partial charge on any atom is 0.238 e. The average molecular weight is 276 g/mol. The van der Waals surface area contributed by atoms with E-state index >= 15 is 0 Å². The van der Waals surface area contributed by atoms with E-state index in [0.29, 0.717) is 13.2 Å². The number of nitrogens with zero attached hydrogens (tertiary/aromatic N) is 1. The number of amides is 1. The van der Waals surface area contributed by atoms with Crippen LogP contribution in [0.3, 0.4) is 0 Å². The van der Waals surface area contributed by atoms with E-state index in [4.69, 9.17) is 4.74 Å². The van der Waals surface area contributed by atoms with Gasteiger partial charge in [0.2, 0.25) is 5.91 Å². The van der Waals surface area contributed by atoms with Gasteiger partial charge in [-0.1, -0.05) is 25.5 Å². The lowest BCUT2D eigenvalue weighted by Gasteiger charge is -2.30. The quantitative estimate of drug-likeness (QED) is 0.868. The molecule has 0 spiro atoms. The average Bonchev–Trinajstić information content (AvgIpc) is 2.82. The highest BCUT2D eigenvalue weighted by Gasteiger charge is 2.34. The van der Waals surface area contributed by atoms with Gasteiger partial charge in [-0.2, -0.15) is 0 Å². The van der Waals surface area contributed by atoms with Crippen molar-refractivity contribution in [3.63, 3.8) is 0 Å². The van der Waals surface area contributed by atoms with Crippen LogP contribution in [0.1, 0.15) is 45.3 Å². The molecule has 0 aliphatic carbocycles. The maximum atomic E-state index is 12.1. The monoisotopic (exact) mass is 276 g/mol. The molecule has 1 heterocycles. The standard InChI is InChI=1S/C16H24N2O2/c1-4-6-12(3)18-15(19)11-17-16(18)13-7-9-14(10-8-13)20-5-2/h7-10,12,16-17H,4-6,11H2,1-3H3. The van der Waals surface area contributed by atoms with Gasteiger partial charge in [-0.05, 0) is 38.0 Å². The highest BCUT2D eigenvalue weighted by atomic mass is 16.5. The van der Waals surface area contributed by atoms with Gasteiger partial charge in [0.25, 0.3) is 0 Å². The van der Waals surface area contributed by atoms with Gasteiger partial charge >= 0.3 is 0 Å². The Morgan fingerprint density at radius 3 is 2.65 bits per heavy atom. The van der Waals surface area contributed by atoms with Crippen molar-refractivity contribution in [2.24, 2.45) is 0 Å². The molecular formula is C16H24N2O2. The Balaban J connectivity index is 2.15. The maximum absolute atomic E-state index is 12.1. The number of carbonyl (C=O) groups is 1. The summed E-state index contributed by atoms with van der Waals surface area (Å²) in [5.74, 6) is 1.05. The van der Waals surface area contributed by atoms with E-state index < -0.39 is 0 Å². The molecule has 0 saturated carbocycles. The minimum Gasteiger partial charge on any atom is -0.494 e. The fourth-order valence-electron chi connectivity index (χ4n) is 2.77. The van der Waals surface area contributed by atoms with Crippen LogP contribution in [0.25, 0.3) is 0 Å². The van der Waals surface area contributed by atoms with Gasteiger partial charge in [0.15, 0.2) is 0 Å². The fourth-order valence-corrected chi connectivity index (χ4v) is 2.77. The number of hydrogen-bond donors (Lipinski definition) is 1. The number of rotatable bonds is 6. The zero-order chi connectivity index (χ0) is 14.5. The van der Waals surface area contributed by atoms with Crippen molar-refractivity contribution in [2.75, 3.05) is 13.2 Å². The summed E-state index contributed by atoms with van der Waals surface area (Å²) in [4.78, 5) is 14.1. The lowest BCUT2D eigenvalue weighted by Crippen LogP contribution is -2.37. The first-order valence-electron chi connectivity index (χ1n) is 7.44. The molecule has 0 bridgehead atoms.